The summed E-state index contributed by atoms with van der Waals surface area (Å²) in [5, 5.41) is 3.74. The van der Waals surface area contributed by atoms with Crippen LogP contribution in [0.4, 0.5) is 5.00 Å². The number of nitrogens with zero attached hydrogens (tertiary/aromatic N) is 3. The number of nitrogens with one attached hydrogen (secondary N) is 2. The smallest absolute Gasteiger partial charge is 0.331 e. The van der Waals surface area contributed by atoms with E-state index in [2.05, 4.69) is 10.3 Å². The van der Waals surface area contributed by atoms with Gasteiger partial charge in [0.2, 0.25) is 5.91 Å². The van der Waals surface area contributed by atoms with Crippen LogP contribution in [0.1, 0.15) is 23.3 Å². The zero-order valence-corrected chi connectivity index (χ0v) is 17.8. The first-order valence-corrected chi connectivity index (χ1v) is 11.0. The van der Waals surface area contributed by atoms with Gasteiger partial charge in [-0.05, 0) is 43.4 Å². The third kappa shape index (κ3) is 3.50. The second kappa shape index (κ2) is 7.66. The molecule has 4 aromatic rings. The molecule has 1 aliphatic carbocycles. The quantitative estimate of drug-likeness (QED) is 0.515. The van der Waals surface area contributed by atoms with Crippen LogP contribution in [-0.2, 0) is 31.2 Å². The van der Waals surface area contributed by atoms with Crippen molar-refractivity contribution in [2.45, 2.75) is 32.2 Å². The molecule has 2 N–H and O–H groups in total. The molecule has 31 heavy (non-hydrogen) atoms. The number of imidazole rings is 1. The number of para-hydroxylation sites is 2. The number of hydrogen-bond donors (Lipinski definition) is 2. The highest BCUT2D eigenvalue weighted by molar-refractivity contribution is 7.17. The molecule has 5 rings (SSSR count). The van der Waals surface area contributed by atoms with Crippen molar-refractivity contribution < 1.29 is 4.79 Å². The van der Waals surface area contributed by atoms with Crippen LogP contribution < -0.4 is 16.6 Å². The molecule has 158 valence electrons. The minimum absolute atomic E-state index is 0.172. The van der Waals surface area contributed by atoms with Gasteiger partial charge in [0.05, 0.1) is 16.6 Å². The van der Waals surface area contributed by atoms with Gasteiger partial charge in [-0.3, -0.25) is 18.7 Å². The lowest BCUT2D eigenvalue weighted by atomic mass is 9.95. The van der Waals surface area contributed by atoms with Crippen LogP contribution in [0.15, 0.2) is 46.1 Å². The van der Waals surface area contributed by atoms with E-state index in [1.807, 2.05) is 24.3 Å². The summed E-state index contributed by atoms with van der Waals surface area (Å²) in [6.45, 7) is -0.172. The highest BCUT2D eigenvalue weighted by atomic mass is 32.1. The van der Waals surface area contributed by atoms with Gasteiger partial charge in [0, 0.05) is 24.2 Å². The lowest BCUT2D eigenvalue weighted by Crippen LogP contribution is -2.38. The van der Waals surface area contributed by atoms with E-state index >= 15 is 0 Å². The number of aromatic amines is 1. The molecule has 0 spiro atoms. The molecule has 0 radical (unpaired) electrons. The normalized spacial score (nSPS) is 13.3. The van der Waals surface area contributed by atoms with Crippen molar-refractivity contribution in [3.05, 3.63) is 67.8 Å². The monoisotopic (exact) mass is 435 g/mol. The van der Waals surface area contributed by atoms with Crippen LogP contribution in [0.5, 0.6) is 0 Å². The van der Waals surface area contributed by atoms with Gasteiger partial charge in [-0.1, -0.05) is 12.1 Å². The number of benzene rings is 1. The van der Waals surface area contributed by atoms with E-state index in [0.717, 1.165) is 57.7 Å². The zero-order chi connectivity index (χ0) is 21.5. The average Bonchev–Trinajstić information content (AvgIpc) is 3.34. The minimum Gasteiger partial charge on any atom is -0.338 e. The van der Waals surface area contributed by atoms with Crippen molar-refractivity contribution in [1.29, 1.82) is 0 Å². The Morgan fingerprint density at radius 2 is 2.00 bits per heavy atom. The summed E-state index contributed by atoms with van der Waals surface area (Å²) in [4.78, 5) is 46.1. The van der Waals surface area contributed by atoms with Gasteiger partial charge in [0.25, 0.3) is 5.56 Å². The predicted octanol–water partition coefficient (Wildman–Crippen LogP) is 2.67. The summed E-state index contributed by atoms with van der Waals surface area (Å²) < 4.78 is 2.21. The van der Waals surface area contributed by atoms with E-state index in [9.17, 15) is 14.4 Å². The fourth-order valence-corrected chi connectivity index (χ4v) is 5.34. The maximum absolute atomic E-state index is 12.8. The third-order valence-corrected chi connectivity index (χ3v) is 6.83. The van der Waals surface area contributed by atoms with E-state index in [-0.39, 0.29) is 12.5 Å². The second-order valence-corrected chi connectivity index (χ2v) is 8.79. The highest BCUT2D eigenvalue weighted by Gasteiger charge is 2.25. The maximum Gasteiger partial charge on any atom is 0.331 e. The maximum atomic E-state index is 12.8. The number of carbonyl (C=O) groups excluding carboxylic acids is 1. The third-order valence-electron chi connectivity index (χ3n) is 5.62. The SMILES string of the molecule is Cn1c(=O)ccn(CC(=O)Nc2sc3c(c2-c2nc4ccccc4[nH]2)CCCC3)c1=O. The van der Waals surface area contributed by atoms with Crippen molar-refractivity contribution in [3.8, 4) is 11.4 Å². The van der Waals surface area contributed by atoms with Crippen LogP contribution in [0, 0.1) is 0 Å². The molecule has 3 aromatic heterocycles. The largest absolute Gasteiger partial charge is 0.338 e. The van der Waals surface area contributed by atoms with Crippen LogP contribution in [0.25, 0.3) is 22.4 Å². The van der Waals surface area contributed by atoms with Crippen molar-refractivity contribution in [1.82, 2.24) is 19.1 Å². The van der Waals surface area contributed by atoms with Crippen molar-refractivity contribution in [3.63, 3.8) is 0 Å². The summed E-state index contributed by atoms with van der Waals surface area (Å²) in [5.74, 6) is 0.423. The molecule has 0 unspecified atom stereocenters. The number of aromatic nitrogens is 4. The molecule has 0 saturated carbocycles. The molecule has 0 bridgehead atoms. The summed E-state index contributed by atoms with van der Waals surface area (Å²) in [6, 6.07) is 9.12. The van der Waals surface area contributed by atoms with Gasteiger partial charge in [-0.2, -0.15) is 0 Å². The van der Waals surface area contributed by atoms with Crippen LogP contribution in [0.3, 0.4) is 0 Å². The average molecular weight is 436 g/mol. The molecule has 0 atom stereocenters. The van der Waals surface area contributed by atoms with Crippen molar-refractivity contribution >= 4 is 33.3 Å². The number of aryl methyl sites for hydroxylation is 1. The van der Waals surface area contributed by atoms with Crippen LogP contribution in [0.2, 0.25) is 0 Å². The van der Waals surface area contributed by atoms with Crippen molar-refractivity contribution in [2.24, 2.45) is 7.05 Å². The Hall–Kier alpha value is -3.46. The van der Waals surface area contributed by atoms with E-state index in [4.69, 9.17) is 4.98 Å². The number of carbonyl (C=O) groups is 1. The first kappa shape index (κ1) is 19.5. The number of fused-ring (bicyclic) bond motifs is 2. The Labute approximate surface area is 181 Å². The Balaban J connectivity index is 1.51. The molecule has 1 aliphatic rings. The van der Waals surface area contributed by atoms with E-state index < -0.39 is 11.2 Å². The topological polar surface area (TPSA) is 102 Å². The molecule has 8 nitrogen and oxygen atoms in total. The molecular formula is C22H21N5O3S. The summed E-state index contributed by atoms with van der Waals surface area (Å²) in [6.07, 6.45) is 5.53. The molecule has 3 heterocycles. The van der Waals surface area contributed by atoms with Gasteiger partial charge in [0.15, 0.2) is 0 Å². The number of thiophene rings is 1. The molecule has 1 aromatic carbocycles. The highest BCUT2D eigenvalue weighted by Crippen LogP contribution is 2.43. The van der Waals surface area contributed by atoms with E-state index in [1.54, 1.807) is 11.3 Å². The van der Waals surface area contributed by atoms with Gasteiger partial charge in [-0.15, -0.1) is 11.3 Å². The first-order valence-electron chi connectivity index (χ1n) is 10.2. The van der Waals surface area contributed by atoms with Gasteiger partial charge >= 0.3 is 5.69 Å². The Bertz CT molecular complexity index is 1390. The molecule has 1 amide bonds. The van der Waals surface area contributed by atoms with Crippen LogP contribution >= 0.6 is 11.3 Å². The van der Waals surface area contributed by atoms with Crippen LogP contribution in [-0.4, -0.2) is 25.0 Å². The second-order valence-electron chi connectivity index (χ2n) is 7.69. The molecule has 0 fully saturated rings. The summed E-state index contributed by atoms with van der Waals surface area (Å²) >= 11 is 1.58. The number of anilines is 1. The van der Waals surface area contributed by atoms with Gasteiger partial charge in [-0.25, -0.2) is 9.78 Å². The lowest BCUT2D eigenvalue weighted by molar-refractivity contribution is -0.116. The fourth-order valence-electron chi connectivity index (χ4n) is 4.03. The molecular weight excluding hydrogens is 414 g/mol. The lowest BCUT2D eigenvalue weighted by Gasteiger charge is -2.12. The van der Waals surface area contributed by atoms with E-state index in [1.165, 1.54) is 34.3 Å². The summed E-state index contributed by atoms with van der Waals surface area (Å²) in [5.41, 5.74) is 3.08. The van der Waals surface area contributed by atoms with Gasteiger partial charge in [0.1, 0.15) is 17.4 Å². The Kier molecular flexibility index (Phi) is 4.82. The predicted molar refractivity (Wildman–Crippen MR) is 121 cm³/mol. The summed E-state index contributed by atoms with van der Waals surface area (Å²) in [7, 11) is 1.39. The molecule has 0 saturated heterocycles. The number of rotatable bonds is 4. The zero-order valence-electron chi connectivity index (χ0n) is 17.0. The molecule has 9 heteroatoms. The van der Waals surface area contributed by atoms with Crippen molar-refractivity contribution in [2.75, 3.05) is 5.32 Å². The number of amides is 1. The Morgan fingerprint density at radius 1 is 1.19 bits per heavy atom. The standard InChI is InChI=1S/C22H21N5O3S/c1-26-18(29)10-11-27(22(26)30)12-17(28)25-21-19(13-6-2-5-9-16(13)31-21)20-23-14-7-3-4-8-15(14)24-20/h3-4,7-8,10-11H,2,5-6,9,12H2,1H3,(H,23,24)(H,25,28). The number of H-pyrrole nitrogens is 1. The Morgan fingerprint density at radius 3 is 2.84 bits per heavy atom. The minimum atomic E-state index is -0.523. The molecule has 0 aliphatic heterocycles. The first-order chi connectivity index (χ1) is 15.0. The fraction of sp³-hybridized carbons (Fsp3) is 0.273. The van der Waals surface area contributed by atoms with E-state index in [0.29, 0.717) is 0 Å². The van der Waals surface area contributed by atoms with Gasteiger partial charge < -0.3 is 10.3 Å². The number of hydrogen-bond acceptors (Lipinski definition) is 5.